The Bertz CT molecular complexity index is 581. The standard InChI is InChI=1S/C17H22N2O2/c1-2-19(14-7-9-18-10-8-14)12-15(20)17-11-13-5-3-4-6-16(13)21-17/h3-6,11,14,18H,2,7-10,12H2,1H3. The van der Waals surface area contributed by atoms with Crippen LogP contribution in [0.3, 0.4) is 0 Å². The van der Waals surface area contributed by atoms with Gasteiger partial charge in [0.15, 0.2) is 5.76 Å². The lowest BCUT2D eigenvalue weighted by molar-refractivity contribution is 0.0849. The zero-order chi connectivity index (χ0) is 14.7. The average Bonchev–Trinajstić information content (AvgIpc) is 2.97. The van der Waals surface area contributed by atoms with E-state index >= 15 is 0 Å². The Morgan fingerprint density at radius 1 is 1.33 bits per heavy atom. The summed E-state index contributed by atoms with van der Waals surface area (Å²) in [5, 5.41) is 4.36. The molecule has 4 nitrogen and oxygen atoms in total. The molecule has 3 rings (SSSR count). The average molecular weight is 286 g/mol. The van der Waals surface area contributed by atoms with Crippen molar-refractivity contribution in [3.05, 3.63) is 36.1 Å². The smallest absolute Gasteiger partial charge is 0.211 e. The zero-order valence-electron chi connectivity index (χ0n) is 12.5. The molecular weight excluding hydrogens is 264 g/mol. The van der Waals surface area contributed by atoms with Crippen LogP contribution in [0, 0.1) is 0 Å². The fourth-order valence-corrected chi connectivity index (χ4v) is 3.05. The molecule has 0 bridgehead atoms. The lowest BCUT2D eigenvalue weighted by Gasteiger charge is -2.33. The number of hydrogen-bond donors (Lipinski definition) is 1. The second-order valence-corrected chi connectivity index (χ2v) is 5.62. The van der Waals surface area contributed by atoms with Gasteiger partial charge in [-0.15, -0.1) is 0 Å². The van der Waals surface area contributed by atoms with Crippen LogP contribution in [0.4, 0.5) is 0 Å². The van der Waals surface area contributed by atoms with Gasteiger partial charge in [0.2, 0.25) is 5.78 Å². The van der Waals surface area contributed by atoms with Gasteiger partial charge in [-0.05, 0) is 44.6 Å². The molecule has 0 radical (unpaired) electrons. The molecule has 21 heavy (non-hydrogen) atoms. The monoisotopic (exact) mass is 286 g/mol. The van der Waals surface area contributed by atoms with E-state index in [1.165, 1.54) is 0 Å². The highest BCUT2D eigenvalue weighted by Gasteiger charge is 2.23. The van der Waals surface area contributed by atoms with E-state index in [-0.39, 0.29) is 5.78 Å². The minimum Gasteiger partial charge on any atom is -0.453 e. The van der Waals surface area contributed by atoms with Gasteiger partial charge in [-0.3, -0.25) is 9.69 Å². The van der Waals surface area contributed by atoms with E-state index in [0.29, 0.717) is 18.3 Å². The van der Waals surface area contributed by atoms with Crippen LogP contribution in [0.25, 0.3) is 11.0 Å². The molecule has 0 amide bonds. The molecule has 1 aromatic heterocycles. The molecule has 1 aliphatic heterocycles. The fourth-order valence-electron chi connectivity index (χ4n) is 3.05. The predicted molar refractivity (Wildman–Crippen MR) is 83.7 cm³/mol. The van der Waals surface area contributed by atoms with E-state index in [2.05, 4.69) is 17.1 Å². The topological polar surface area (TPSA) is 45.5 Å². The first-order chi connectivity index (χ1) is 10.3. The van der Waals surface area contributed by atoms with Crippen molar-refractivity contribution in [1.82, 2.24) is 10.2 Å². The summed E-state index contributed by atoms with van der Waals surface area (Å²) < 4.78 is 5.67. The molecule has 1 N–H and O–H groups in total. The Labute approximate surface area is 125 Å². The number of piperidine rings is 1. The molecule has 1 aliphatic rings. The predicted octanol–water partition coefficient (Wildman–Crippen LogP) is 2.69. The highest BCUT2D eigenvalue weighted by molar-refractivity contribution is 5.98. The first kappa shape index (κ1) is 14.3. The van der Waals surface area contributed by atoms with Crippen molar-refractivity contribution in [3.63, 3.8) is 0 Å². The molecule has 0 unspecified atom stereocenters. The van der Waals surface area contributed by atoms with Crippen LogP contribution in [0.1, 0.15) is 30.3 Å². The number of carbonyl (C=O) groups is 1. The van der Waals surface area contributed by atoms with Gasteiger partial charge >= 0.3 is 0 Å². The molecule has 0 spiro atoms. The van der Waals surface area contributed by atoms with Crippen molar-refractivity contribution < 1.29 is 9.21 Å². The quantitative estimate of drug-likeness (QED) is 0.858. The Balaban J connectivity index is 1.71. The number of furan rings is 1. The van der Waals surface area contributed by atoms with E-state index in [0.717, 1.165) is 43.4 Å². The summed E-state index contributed by atoms with van der Waals surface area (Å²) in [5.74, 6) is 0.551. The first-order valence-corrected chi connectivity index (χ1v) is 7.74. The van der Waals surface area contributed by atoms with Gasteiger partial charge < -0.3 is 9.73 Å². The molecule has 4 heteroatoms. The summed E-state index contributed by atoms with van der Waals surface area (Å²) in [6, 6.07) is 10.1. The number of hydrogen-bond acceptors (Lipinski definition) is 4. The van der Waals surface area contributed by atoms with E-state index in [4.69, 9.17) is 4.42 Å². The minimum atomic E-state index is 0.0755. The summed E-state index contributed by atoms with van der Waals surface area (Å²) in [6.45, 7) is 5.55. The van der Waals surface area contributed by atoms with Gasteiger partial charge in [0, 0.05) is 11.4 Å². The Kier molecular flexibility index (Phi) is 4.36. The fraction of sp³-hybridized carbons (Fsp3) is 0.471. The number of carbonyl (C=O) groups excluding carboxylic acids is 1. The molecule has 0 atom stereocenters. The molecular formula is C17H22N2O2. The number of rotatable bonds is 5. The third-order valence-corrected chi connectivity index (χ3v) is 4.28. The maximum absolute atomic E-state index is 12.5. The van der Waals surface area contributed by atoms with Crippen LogP contribution >= 0.6 is 0 Å². The molecule has 1 fully saturated rings. The summed E-state index contributed by atoms with van der Waals surface area (Å²) in [4.78, 5) is 14.7. The van der Waals surface area contributed by atoms with Gasteiger partial charge in [-0.25, -0.2) is 0 Å². The molecule has 2 aromatic rings. The van der Waals surface area contributed by atoms with Crippen LogP contribution in [0.15, 0.2) is 34.7 Å². The van der Waals surface area contributed by atoms with Gasteiger partial charge in [-0.2, -0.15) is 0 Å². The number of nitrogens with one attached hydrogen (secondary N) is 1. The highest BCUT2D eigenvalue weighted by atomic mass is 16.3. The van der Waals surface area contributed by atoms with E-state index < -0.39 is 0 Å². The Morgan fingerprint density at radius 3 is 2.81 bits per heavy atom. The van der Waals surface area contributed by atoms with Gasteiger partial charge in [0.25, 0.3) is 0 Å². The summed E-state index contributed by atoms with van der Waals surface area (Å²) in [5.41, 5.74) is 0.783. The van der Waals surface area contributed by atoms with Crippen molar-refractivity contribution >= 4 is 16.8 Å². The maximum atomic E-state index is 12.5. The van der Waals surface area contributed by atoms with Crippen LogP contribution in [0.2, 0.25) is 0 Å². The van der Waals surface area contributed by atoms with Crippen LogP contribution in [0.5, 0.6) is 0 Å². The van der Waals surface area contributed by atoms with Crippen LogP contribution < -0.4 is 5.32 Å². The normalized spacial score (nSPS) is 16.7. The van der Waals surface area contributed by atoms with Gasteiger partial charge in [0.1, 0.15) is 5.58 Å². The Hall–Kier alpha value is -1.65. The molecule has 112 valence electrons. The highest BCUT2D eigenvalue weighted by Crippen LogP contribution is 2.20. The number of benzene rings is 1. The molecule has 1 aromatic carbocycles. The van der Waals surface area contributed by atoms with Crippen LogP contribution in [-0.2, 0) is 0 Å². The lowest BCUT2D eigenvalue weighted by atomic mass is 10.0. The lowest BCUT2D eigenvalue weighted by Crippen LogP contribution is -2.45. The van der Waals surface area contributed by atoms with Crippen molar-refractivity contribution in [2.45, 2.75) is 25.8 Å². The SMILES string of the molecule is CCN(CC(=O)c1cc2ccccc2o1)C1CCNCC1. The first-order valence-electron chi connectivity index (χ1n) is 7.74. The molecule has 2 heterocycles. The number of fused-ring (bicyclic) bond motifs is 1. The van der Waals surface area contributed by atoms with Crippen molar-refractivity contribution in [2.24, 2.45) is 0 Å². The molecule has 1 saturated heterocycles. The van der Waals surface area contributed by atoms with E-state index in [1.807, 2.05) is 30.3 Å². The Morgan fingerprint density at radius 2 is 2.10 bits per heavy atom. The maximum Gasteiger partial charge on any atom is 0.211 e. The summed E-state index contributed by atoms with van der Waals surface area (Å²) in [6.07, 6.45) is 2.22. The largest absolute Gasteiger partial charge is 0.453 e. The van der Waals surface area contributed by atoms with Crippen molar-refractivity contribution in [1.29, 1.82) is 0 Å². The molecule has 0 saturated carbocycles. The number of Topliss-reactive ketones (excluding diaryl/α,β-unsaturated/α-hetero) is 1. The van der Waals surface area contributed by atoms with Crippen molar-refractivity contribution in [3.8, 4) is 0 Å². The zero-order valence-corrected chi connectivity index (χ0v) is 12.5. The van der Waals surface area contributed by atoms with E-state index in [9.17, 15) is 4.79 Å². The third-order valence-electron chi connectivity index (χ3n) is 4.28. The summed E-state index contributed by atoms with van der Waals surface area (Å²) in [7, 11) is 0. The number of likely N-dealkylation sites (N-methyl/N-ethyl adjacent to an activating group) is 1. The van der Waals surface area contributed by atoms with Crippen LogP contribution in [-0.4, -0.2) is 42.9 Å². The van der Waals surface area contributed by atoms with Gasteiger partial charge in [0.05, 0.1) is 6.54 Å². The second-order valence-electron chi connectivity index (χ2n) is 5.62. The third kappa shape index (κ3) is 3.17. The number of nitrogens with zero attached hydrogens (tertiary/aromatic N) is 1. The molecule has 0 aliphatic carbocycles. The number of para-hydroxylation sites is 1. The number of ketones is 1. The summed E-state index contributed by atoms with van der Waals surface area (Å²) >= 11 is 0. The van der Waals surface area contributed by atoms with Crippen molar-refractivity contribution in [2.75, 3.05) is 26.2 Å². The van der Waals surface area contributed by atoms with Gasteiger partial charge in [-0.1, -0.05) is 25.1 Å². The second kappa shape index (κ2) is 6.41. The minimum absolute atomic E-state index is 0.0755. The van der Waals surface area contributed by atoms with E-state index in [1.54, 1.807) is 0 Å².